The molecule has 3 unspecified atom stereocenters. The van der Waals surface area contributed by atoms with E-state index in [0.717, 1.165) is 0 Å². The Labute approximate surface area is 239 Å². The zero-order valence-corrected chi connectivity index (χ0v) is 23.8. The third-order valence-electron chi connectivity index (χ3n) is 7.30. The molecular weight excluding hydrogens is 602 g/mol. The largest absolute Gasteiger partial charge is 0.383 e. The summed E-state index contributed by atoms with van der Waals surface area (Å²) in [4.78, 5) is 35.0. The van der Waals surface area contributed by atoms with E-state index in [2.05, 4.69) is 39.3 Å². The van der Waals surface area contributed by atoms with Crippen molar-refractivity contribution in [2.24, 2.45) is 5.92 Å². The monoisotopic (exact) mass is 629 g/mol. The fraction of sp³-hybridized carbons (Fsp3) is 0.500. The van der Waals surface area contributed by atoms with Gasteiger partial charge in [0.25, 0.3) is 5.56 Å². The van der Waals surface area contributed by atoms with Crippen molar-refractivity contribution < 1.29 is 37.4 Å². The van der Waals surface area contributed by atoms with E-state index in [4.69, 9.17) is 30.0 Å². The Morgan fingerprint density at radius 3 is 2.76 bits per heavy atom. The lowest BCUT2D eigenvalue weighted by Gasteiger charge is -2.19. The molecule has 10 atom stereocenters. The second-order valence-electron chi connectivity index (χ2n) is 9.71. The average Bonchev–Trinajstić information content (AvgIpc) is 3.72. The molecule has 2 saturated heterocycles. The van der Waals surface area contributed by atoms with Crippen LogP contribution in [0.5, 0.6) is 0 Å². The van der Waals surface area contributed by atoms with Gasteiger partial charge in [0.15, 0.2) is 48.4 Å². The summed E-state index contributed by atoms with van der Waals surface area (Å²) in [5.41, 5.74) is 11.3. The number of H-pyrrole nitrogens is 1. The third kappa shape index (κ3) is 5.11. The SMILES string of the molecule is Nc1nc2c(ncn2[C@@H]2OC(OPCC[C@H]3[C@H](F)[C@H](n4ccc5c(N)ncnc54)O[C@@H]3COP)[C@@H](F)[C@H]2OO)c(=O)[nH]1. The summed E-state index contributed by atoms with van der Waals surface area (Å²) in [6, 6.07) is 1.70. The van der Waals surface area contributed by atoms with Gasteiger partial charge < -0.3 is 34.6 Å². The van der Waals surface area contributed by atoms with Crippen molar-refractivity contribution in [3.63, 3.8) is 0 Å². The second-order valence-corrected chi connectivity index (χ2v) is 11.1. The number of halogens is 2. The summed E-state index contributed by atoms with van der Waals surface area (Å²) < 4.78 is 56.3. The van der Waals surface area contributed by atoms with Gasteiger partial charge in [0.1, 0.15) is 17.8 Å². The van der Waals surface area contributed by atoms with Crippen molar-refractivity contribution in [3.8, 4) is 0 Å². The molecule has 2 aliphatic rings. The van der Waals surface area contributed by atoms with Crippen molar-refractivity contribution in [2.45, 2.75) is 49.7 Å². The van der Waals surface area contributed by atoms with Crippen LogP contribution in [0.2, 0.25) is 0 Å². The molecule has 6 heterocycles. The van der Waals surface area contributed by atoms with Crippen molar-refractivity contribution in [1.82, 2.24) is 34.1 Å². The molecule has 0 radical (unpaired) electrons. The number of anilines is 2. The van der Waals surface area contributed by atoms with Gasteiger partial charge in [-0.05, 0) is 18.6 Å². The zero-order chi connectivity index (χ0) is 29.5. The predicted molar refractivity (Wildman–Crippen MR) is 148 cm³/mol. The number of rotatable bonds is 10. The standard InChI is InChI=1S/C22H27F2N9O7P2/c23-11-8(10(5-36-41)37-19(11)32-3-1-9-15(25)27-6-28-16(9)32)2-4-42-40-21-12(24)14(39-35)20(38-21)33-7-29-13-17(33)30-22(26)31-18(13)34/h1,3,6-8,10-12,14,19-21,35,42H,2,4-5,41H2,(H2,25,27,28)(H3,26,30,31,34)/t8-,10-,11+,12+,14-,19-,20-,21?/m1/s1. The van der Waals surface area contributed by atoms with Crippen LogP contribution in [0.1, 0.15) is 18.9 Å². The van der Waals surface area contributed by atoms with Crippen LogP contribution < -0.4 is 17.0 Å². The molecule has 6 N–H and O–H groups in total. The van der Waals surface area contributed by atoms with E-state index in [1.807, 2.05) is 0 Å². The molecule has 4 aromatic heterocycles. The first-order valence-electron chi connectivity index (χ1n) is 12.7. The second kappa shape index (κ2) is 12.0. The molecule has 4 aromatic rings. The van der Waals surface area contributed by atoms with E-state index in [9.17, 15) is 10.1 Å². The molecular formula is C22H27F2N9O7P2. The minimum Gasteiger partial charge on any atom is -0.383 e. The molecule has 42 heavy (non-hydrogen) atoms. The number of alkyl halides is 2. The van der Waals surface area contributed by atoms with Gasteiger partial charge in [0.2, 0.25) is 5.95 Å². The highest BCUT2D eigenvalue weighted by Gasteiger charge is 2.50. The first kappa shape index (κ1) is 29.1. The smallest absolute Gasteiger partial charge is 0.280 e. The molecule has 0 bridgehead atoms. The number of nitrogens with two attached hydrogens (primary N) is 2. The molecule has 0 saturated carbocycles. The highest BCUT2D eigenvalue weighted by atomic mass is 31.1. The number of imidazole rings is 1. The lowest BCUT2D eigenvalue weighted by atomic mass is 9.96. The van der Waals surface area contributed by atoms with Crippen molar-refractivity contribution in [2.75, 3.05) is 24.2 Å². The summed E-state index contributed by atoms with van der Waals surface area (Å²) in [6.07, 6.45) is -4.26. The van der Waals surface area contributed by atoms with E-state index in [1.54, 1.807) is 16.8 Å². The van der Waals surface area contributed by atoms with Crippen LogP contribution in [0.15, 0.2) is 29.7 Å². The Kier molecular flexibility index (Phi) is 8.31. The van der Waals surface area contributed by atoms with Gasteiger partial charge in [0.05, 0.1) is 24.4 Å². The topological polar surface area (TPSA) is 213 Å². The summed E-state index contributed by atoms with van der Waals surface area (Å²) in [5, 5.41) is 9.99. The van der Waals surface area contributed by atoms with Crippen molar-refractivity contribution in [3.05, 3.63) is 35.3 Å². The molecule has 16 nitrogen and oxygen atoms in total. The number of nitrogen functional groups attached to an aromatic ring is 2. The van der Waals surface area contributed by atoms with Crippen molar-refractivity contribution in [1.29, 1.82) is 0 Å². The maximum atomic E-state index is 15.8. The number of fused-ring (bicyclic) bond motifs is 2. The number of aromatic nitrogens is 7. The molecule has 2 fully saturated rings. The quantitative estimate of drug-likeness (QED) is 0.0847. The van der Waals surface area contributed by atoms with E-state index in [-0.39, 0.29) is 38.3 Å². The van der Waals surface area contributed by atoms with Crippen LogP contribution in [0, 0.1) is 5.92 Å². The first-order valence-corrected chi connectivity index (χ1v) is 14.3. The van der Waals surface area contributed by atoms with Gasteiger partial charge in [-0.2, -0.15) is 4.98 Å². The van der Waals surface area contributed by atoms with Gasteiger partial charge in [-0.1, -0.05) is 0 Å². The van der Waals surface area contributed by atoms with Crippen LogP contribution in [0.25, 0.3) is 22.2 Å². The molecule has 0 aliphatic carbocycles. The van der Waals surface area contributed by atoms with Crippen LogP contribution >= 0.6 is 18.3 Å². The van der Waals surface area contributed by atoms with E-state index >= 15 is 8.78 Å². The van der Waals surface area contributed by atoms with Gasteiger partial charge in [-0.3, -0.25) is 19.6 Å². The molecule has 6 rings (SSSR count). The lowest BCUT2D eigenvalue weighted by Crippen LogP contribution is -2.30. The molecule has 0 aromatic carbocycles. The lowest BCUT2D eigenvalue weighted by molar-refractivity contribution is -0.300. The highest BCUT2D eigenvalue weighted by Crippen LogP contribution is 2.42. The van der Waals surface area contributed by atoms with E-state index < -0.39 is 54.8 Å². The number of ether oxygens (including phenoxy) is 2. The maximum Gasteiger partial charge on any atom is 0.280 e. The fourth-order valence-electron chi connectivity index (χ4n) is 5.31. The summed E-state index contributed by atoms with van der Waals surface area (Å²) in [6.45, 7) is 0.127. The molecule has 0 amide bonds. The third-order valence-corrected chi connectivity index (χ3v) is 8.39. The van der Waals surface area contributed by atoms with Gasteiger partial charge in [-0.25, -0.2) is 28.6 Å². The Morgan fingerprint density at radius 2 is 1.98 bits per heavy atom. The van der Waals surface area contributed by atoms with E-state index in [1.165, 1.54) is 17.2 Å². The predicted octanol–water partition coefficient (Wildman–Crippen LogP) is 1.44. The van der Waals surface area contributed by atoms with Crippen LogP contribution in [0.3, 0.4) is 0 Å². The maximum absolute atomic E-state index is 15.8. The summed E-state index contributed by atoms with van der Waals surface area (Å²) in [5.74, 6) is -0.475. The Morgan fingerprint density at radius 1 is 1.14 bits per heavy atom. The van der Waals surface area contributed by atoms with Crippen molar-refractivity contribution >= 4 is 52.2 Å². The number of nitrogens with zero attached hydrogens (tertiary/aromatic N) is 6. The number of nitrogens with one attached hydrogen (secondary N) is 1. The van der Waals surface area contributed by atoms with Crippen LogP contribution in [0.4, 0.5) is 20.5 Å². The minimum atomic E-state index is -1.91. The zero-order valence-electron chi connectivity index (χ0n) is 21.6. The molecule has 0 spiro atoms. The van der Waals surface area contributed by atoms with Gasteiger partial charge >= 0.3 is 0 Å². The van der Waals surface area contributed by atoms with E-state index in [0.29, 0.717) is 23.6 Å². The normalized spacial score (nSPS) is 30.0. The minimum absolute atomic E-state index is 0.00958. The summed E-state index contributed by atoms with van der Waals surface area (Å²) >= 11 is 0. The van der Waals surface area contributed by atoms with Crippen LogP contribution in [-0.4, -0.2) is 82.9 Å². The fourth-order valence-corrected chi connectivity index (χ4v) is 6.42. The molecule has 20 heteroatoms. The Balaban J connectivity index is 1.11. The number of aromatic amines is 1. The summed E-state index contributed by atoms with van der Waals surface area (Å²) in [7, 11) is 1.83. The van der Waals surface area contributed by atoms with Gasteiger partial charge in [-0.15, -0.1) is 0 Å². The molecule has 226 valence electrons. The van der Waals surface area contributed by atoms with Gasteiger partial charge in [0, 0.05) is 30.4 Å². The Hall–Kier alpha value is -2.95. The van der Waals surface area contributed by atoms with Crippen LogP contribution in [-0.2, 0) is 23.4 Å². The number of hydrogen-bond acceptors (Lipinski definition) is 13. The first-order chi connectivity index (χ1) is 20.3. The average molecular weight is 629 g/mol. The number of hydrogen-bond donors (Lipinski definition) is 4. The molecule has 2 aliphatic heterocycles. The highest BCUT2D eigenvalue weighted by molar-refractivity contribution is 7.32. The Bertz CT molecular complexity index is 1630.